The van der Waals surface area contributed by atoms with Gasteiger partial charge in [0, 0.05) is 19.3 Å². The van der Waals surface area contributed by atoms with Crippen LogP contribution in [0.2, 0.25) is 0 Å². The maximum Gasteiger partial charge on any atom is 0.350 e. The number of rotatable bonds is 5. The first-order chi connectivity index (χ1) is 13.4. The minimum Gasteiger partial charge on any atom is -0.249 e. The van der Waals surface area contributed by atoms with Gasteiger partial charge in [-0.05, 0) is 42.9 Å². The number of aryl methyl sites for hydroxylation is 2. The normalized spacial score (nSPS) is 16.6. The number of piperidine rings is 1. The third kappa shape index (κ3) is 3.62. The highest BCUT2D eigenvalue weighted by atomic mass is 32.2. The lowest BCUT2D eigenvalue weighted by Crippen LogP contribution is -2.38. The summed E-state index contributed by atoms with van der Waals surface area (Å²) in [6.45, 7) is 3.62. The maximum absolute atomic E-state index is 12.9. The second-order valence-corrected chi connectivity index (χ2v) is 9.36. The molecule has 0 amide bonds. The van der Waals surface area contributed by atoms with Crippen molar-refractivity contribution in [3.63, 3.8) is 0 Å². The molecule has 4 rings (SSSR count). The highest BCUT2D eigenvalue weighted by Gasteiger charge is 2.28. The van der Waals surface area contributed by atoms with Gasteiger partial charge >= 0.3 is 5.69 Å². The van der Waals surface area contributed by atoms with E-state index < -0.39 is 10.0 Å². The zero-order valence-electron chi connectivity index (χ0n) is 15.9. The quantitative estimate of drug-likeness (QED) is 0.658. The minimum absolute atomic E-state index is 0.138. The molecule has 3 heterocycles. The monoisotopic (exact) mass is 400 g/mol. The van der Waals surface area contributed by atoms with Gasteiger partial charge in [-0.15, -0.1) is 5.10 Å². The Balaban J connectivity index is 1.60. The molecule has 0 unspecified atom stereocenters. The summed E-state index contributed by atoms with van der Waals surface area (Å²) >= 11 is 0. The molecule has 0 spiro atoms. The molecule has 0 bridgehead atoms. The van der Waals surface area contributed by atoms with E-state index in [0.717, 1.165) is 18.4 Å². The molecule has 0 radical (unpaired) electrons. The lowest BCUT2D eigenvalue weighted by molar-refractivity contribution is 0.288. The largest absolute Gasteiger partial charge is 0.350 e. The fourth-order valence-electron chi connectivity index (χ4n) is 3.55. The zero-order valence-corrected chi connectivity index (χ0v) is 16.7. The summed E-state index contributed by atoms with van der Waals surface area (Å²) in [5.41, 5.74) is 1.24. The highest BCUT2D eigenvalue weighted by molar-refractivity contribution is 7.89. The van der Waals surface area contributed by atoms with Crippen LogP contribution in [0.5, 0.6) is 0 Å². The summed E-state index contributed by atoms with van der Waals surface area (Å²) in [4.78, 5) is 12.8. The molecule has 28 heavy (non-hydrogen) atoms. The Labute approximate surface area is 164 Å². The van der Waals surface area contributed by atoms with Crippen molar-refractivity contribution < 1.29 is 8.42 Å². The molecule has 0 aliphatic carbocycles. The number of benzene rings is 1. The average molecular weight is 401 g/mol. The van der Waals surface area contributed by atoms with Gasteiger partial charge in [0.1, 0.15) is 0 Å². The van der Waals surface area contributed by atoms with Gasteiger partial charge in [-0.3, -0.25) is 0 Å². The maximum atomic E-state index is 12.9. The van der Waals surface area contributed by atoms with Crippen molar-refractivity contribution >= 4 is 15.7 Å². The first-order valence-electron chi connectivity index (χ1n) is 9.58. The summed E-state index contributed by atoms with van der Waals surface area (Å²) in [5.74, 6) is 0.541. The Morgan fingerprint density at radius 3 is 2.50 bits per heavy atom. The van der Waals surface area contributed by atoms with Gasteiger partial charge in [0.15, 0.2) is 5.65 Å². The standard InChI is InChI=1S/C20H24N4O3S/c1-16-9-12-22(13-10-16)28(26,27)18-7-8-19-21-24(20(25)23(19)15-18)14-11-17-5-3-2-4-6-17/h2-8,15-16H,9-14H2,1H3. The molecule has 3 aromatic rings. The lowest BCUT2D eigenvalue weighted by Gasteiger charge is -2.29. The Morgan fingerprint density at radius 2 is 1.79 bits per heavy atom. The van der Waals surface area contributed by atoms with E-state index in [1.165, 1.54) is 25.7 Å². The van der Waals surface area contributed by atoms with Crippen molar-refractivity contribution in [3.8, 4) is 0 Å². The Morgan fingerprint density at radius 1 is 1.07 bits per heavy atom. The number of fused-ring (bicyclic) bond motifs is 1. The SMILES string of the molecule is CC1CCN(S(=O)(=O)c2ccc3nn(CCc4ccccc4)c(=O)n3c2)CC1. The zero-order chi connectivity index (χ0) is 19.7. The first-order valence-corrected chi connectivity index (χ1v) is 11.0. The summed E-state index contributed by atoms with van der Waals surface area (Å²) in [5, 5.41) is 4.33. The third-order valence-corrected chi connectivity index (χ3v) is 7.27. The third-order valence-electron chi connectivity index (χ3n) is 5.39. The second kappa shape index (κ2) is 7.52. The van der Waals surface area contributed by atoms with Gasteiger partial charge in [0.2, 0.25) is 10.0 Å². The van der Waals surface area contributed by atoms with Crippen LogP contribution in [0, 0.1) is 5.92 Å². The second-order valence-electron chi connectivity index (χ2n) is 7.42. The molecule has 1 aliphatic heterocycles. The van der Waals surface area contributed by atoms with E-state index in [-0.39, 0.29) is 10.6 Å². The number of hydrogen-bond acceptors (Lipinski definition) is 4. The number of nitrogens with zero attached hydrogens (tertiary/aromatic N) is 4. The van der Waals surface area contributed by atoms with E-state index in [0.29, 0.717) is 37.6 Å². The Hall–Kier alpha value is -2.45. The van der Waals surface area contributed by atoms with E-state index >= 15 is 0 Å². The van der Waals surface area contributed by atoms with E-state index in [4.69, 9.17) is 0 Å². The summed E-state index contributed by atoms with van der Waals surface area (Å²) < 4.78 is 30.1. The van der Waals surface area contributed by atoms with Crippen LogP contribution in [0.3, 0.4) is 0 Å². The van der Waals surface area contributed by atoms with Crippen molar-refractivity contribution in [2.75, 3.05) is 13.1 Å². The van der Waals surface area contributed by atoms with E-state index in [2.05, 4.69) is 12.0 Å². The summed E-state index contributed by atoms with van der Waals surface area (Å²) in [6.07, 6.45) is 3.80. The Bertz CT molecular complexity index is 1130. The molecule has 0 N–H and O–H groups in total. The van der Waals surface area contributed by atoms with Gasteiger partial charge in [-0.2, -0.15) is 4.31 Å². The lowest BCUT2D eigenvalue weighted by atomic mass is 10.0. The van der Waals surface area contributed by atoms with E-state index in [1.54, 1.807) is 6.07 Å². The van der Waals surface area contributed by atoms with Crippen LogP contribution in [0.1, 0.15) is 25.3 Å². The molecular weight excluding hydrogens is 376 g/mol. The molecule has 8 heteroatoms. The van der Waals surface area contributed by atoms with Crippen molar-refractivity contribution in [2.24, 2.45) is 5.92 Å². The molecule has 1 saturated heterocycles. The predicted molar refractivity (Wildman–Crippen MR) is 107 cm³/mol. The van der Waals surface area contributed by atoms with Crippen LogP contribution in [-0.4, -0.2) is 40.0 Å². The minimum atomic E-state index is -3.60. The van der Waals surface area contributed by atoms with Gasteiger partial charge in [0.05, 0.1) is 11.4 Å². The van der Waals surface area contributed by atoms with Gasteiger partial charge < -0.3 is 0 Å². The molecule has 0 atom stereocenters. The van der Waals surface area contributed by atoms with E-state index in [1.807, 2.05) is 30.3 Å². The topological polar surface area (TPSA) is 76.7 Å². The molecule has 1 aliphatic rings. The van der Waals surface area contributed by atoms with Crippen molar-refractivity contribution in [3.05, 3.63) is 64.7 Å². The van der Waals surface area contributed by atoms with Crippen LogP contribution in [0.4, 0.5) is 0 Å². The Kier molecular flexibility index (Phi) is 5.07. The van der Waals surface area contributed by atoms with Gasteiger partial charge in [-0.1, -0.05) is 37.3 Å². The van der Waals surface area contributed by atoms with Crippen molar-refractivity contribution in [2.45, 2.75) is 37.6 Å². The van der Waals surface area contributed by atoms with Crippen molar-refractivity contribution in [1.82, 2.24) is 18.5 Å². The summed E-state index contributed by atoms with van der Waals surface area (Å²) in [6, 6.07) is 13.0. The molecule has 0 saturated carbocycles. The molecule has 2 aromatic heterocycles. The molecular formula is C20H24N4O3S. The highest BCUT2D eigenvalue weighted by Crippen LogP contribution is 2.23. The van der Waals surface area contributed by atoms with Crippen LogP contribution in [0.25, 0.3) is 5.65 Å². The smallest absolute Gasteiger partial charge is 0.249 e. The fourth-order valence-corrected chi connectivity index (χ4v) is 5.02. The number of sulfonamides is 1. The fraction of sp³-hybridized carbons (Fsp3) is 0.400. The molecule has 148 valence electrons. The van der Waals surface area contributed by atoms with Crippen LogP contribution >= 0.6 is 0 Å². The first kappa shape index (κ1) is 18.9. The molecule has 1 aromatic carbocycles. The predicted octanol–water partition coefficient (Wildman–Crippen LogP) is 2.16. The van der Waals surface area contributed by atoms with Crippen LogP contribution in [0.15, 0.2) is 58.4 Å². The van der Waals surface area contributed by atoms with Gasteiger partial charge in [0.25, 0.3) is 0 Å². The molecule has 1 fully saturated rings. The number of aromatic nitrogens is 3. The van der Waals surface area contributed by atoms with E-state index in [9.17, 15) is 13.2 Å². The average Bonchev–Trinajstić information content (AvgIpc) is 3.03. The van der Waals surface area contributed by atoms with Gasteiger partial charge in [-0.25, -0.2) is 22.3 Å². The molecule has 7 nitrogen and oxygen atoms in total. The number of hydrogen-bond donors (Lipinski definition) is 0. The number of pyridine rings is 1. The summed E-state index contributed by atoms with van der Waals surface area (Å²) in [7, 11) is -3.60. The van der Waals surface area contributed by atoms with Crippen LogP contribution in [-0.2, 0) is 23.0 Å². The van der Waals surface area contributed by atoms with Crippen molar-refractivity contribution in [1.29, 1.82) is 0 Å². The van der Waals surface area contributed by atoms with Crippen LogP contribution < -0.4 is 5.69 Å².